The first-order valence-electron chi connectivity index (χ1n) is 10.7. The third kappa shape index (κ3) is 4.18. The van der Waals surface area contributed by atoms with Gasteiger partial charge in [-0.1, -0.05) is 0 Å². The minimum atomic E-state index is -4.45. The highest BCUT2D eigenvalue weighted by molar-refractivity contribution is 5.71. The van der Waals surface area contributed by atoms with Gasteiger partial charge in [0.1, 0.15) is 17.9 Å². The molecule has 2 aliphatic heterocycles. The molecule has 12 heteroatoms. The Bertz CT molecular complexity index is 1140. The summed E-state index contributed by atoms with van der Waals surface area (Å²) >= 11 is 0. The summed E-state index contributed by atoms with van der Waals surface area (Å²) in [6.45, 7) is 1.90. The fraction of sp³-hybridized carbons (Fsp3) is 0.524. The van der Waals surface area contributed by atoms with Crippen LogP contribution in [0.4, 0.5) is 33.5 Å². The summed E-state index contributed by atoms with van der Waals surface area (Å²) in [5, 5.41) is 3.94. The predicted octanol–water partition coefficient (Wildman–Crippen LogP) is 4.00. The summed E-state index contributed by atoms with van der Waals surface area (Å²) in [6, 6.07) is 1.43. The fourth-order valence-corrected chi connectivity index (χ4v) is 4.90. The minimum Gasteiger partial charge on any atom is -0.370 e. The van der Waals surface area contributed by atoms with Crippen molar-refractivity contribution in [1.29, 1.82) is 0 Å². The van der Waals surface area contributed by atoms with Gasteiger partial charge in [0.15, 0.2) is 5.65 Å². The summed E-state index contributed by atoms with van der Waals surface area (Å²) in [7, 11) is 0. The normalized spacial score (nSPS) is 18.7. The number of nitrogens with zero attached hydrogens (tertiary/aromatic N) is 7. The van der Waals surface area contributed by atoms with Gasteiger partial charge in [0.05, 0.1) is 23.6 Å². The molecule has 1 spiro atoms. The molecule has 0 unspecified atom stereocenters. The van der Waals surface area contributed by atoms with E-state index in [0.717, 1.165) is 30.1 Å². The molecule has 176 valence electrons. The van der Waals surface area contributed by atoms with Crippen LogP contribution < -0.4 is 9.80 Å². The standard InChI is InChI=1S/C21H22F5N7/c22-17(23)12-33-19-15(10-29-33)28-11-18(30-19)31-6-2-20(3-7-31)4-8-32(13-20)16-1-5-27-9-14(16)21(24,25)26/h1,5,9-11,17H,2-4,6-8,12-13H2. The van der Waals surface area contributed by atoms with E-state index in [-0.39, 0.29) is 11.1 Å². The summed E-state index contributed by atoms with van der Waals surface area (Å²) in [5.74, 6) is 0.594. The van der Waals surface area contributed by atoms with Gasteiger partial charge in [0, 0.05) is 38.6 Å². The second-order valence-electron chi connectivity index (χ2n) is 8.70. The second-order valence-corrected chi connectivity index (χ2v) is 8.70. The molecule has 2 saturated heterocycles. The number of hydrogen-bond acceptors (Lipinski definition) is 6. The molecule has 0 aromatic carbocycles. The molecule has 0 bridgehead atoms. The molecular weight excluding hydrogens is 445 g/mol. The average molecular weight is 467 g/mol. The molecule has 2 fully saturated rings. The number of rotatable bonds is 4. The van der Waals surface area contributed by atoms with Crippen LogP contribution in [-0.4, -0.2) is 57.3 Å². The van der Waals surface area contributed by atoms with Gasteiger partial charge in [-0.15, -0.1) is 0 Å². The highest BCUT2D eigenvalue weighted by Gasteiger charge is 2.43. The van der Waals surface area contributed by atoms with Crippen LogP contribution in [0.1, 0.15) is 24.8 Å². The van der Waals surface area contributed by atoms with Gasteiger partial charge < -0.3 is 9.80 Å². The van der Waals surface area contributed by atoms with Crippen molar-refractivity contribution >= 4 is 22.7 Å². The van der Waals surface area contributed by atoms with E-state index in [1.807, 2.05) is 9.80 Å². The van der Waals surface area contributed by atoms with E-state index in [1.165, 1.54) is 18.5 Å². The van der Waals surface area contributed by atoms with Gasteiger partial charge >= 0.3 is 6.18 Å². The molecule has 7 nitrogen and oxygen atoms in total. The predicted molar refractivity (Wildman–Crippen MR) is 111 cm³/mol. The fourth-order valence-electron chi connectivity index (χ4n) is 4.90. The van der Waals surface area contributed by atoms with Crippen LogP contribution in [0.15, 0.2) is 30.9 Å². The zero-order valence-corrected chi connectivity index (χ0v) is 17.6. The Morgan fingerprint density at radius 1 is 1.00 bits per heavy atom. The van der Waals surface area contributed by atoms with Crippen molar-refractivity contribution in [2.45, 2.75) is 38.4 Å². The second kappa shape index (κ2) is 8.07. The molecule has 5 rings (SSSR count). The number of anilines is 2. The summed E-state index contributed by atoms with van der Waals surface area (Å²) in [4.78, 5) is 16.3. The van der Waals surface area contributed by atoms with Crippen molar-refractivity contribution in [2.24, 2.45) is 5.41 Å². The average Bonchev–Trinajstić information content (AvgIpc) is 3.38. The lowest BCUT2D eigenvalue weighted by Crippen LogP contribution is -2.42. The van der Waals surface area contributed by atoms with Crippen molar-refractivity contribution in [3.05, 3.63) is 36.4 Å². The molecule has 0 amide bonds. The number of pyridine rings is 1. The van der Waals surface area contributed by atoms with Crippen LogP contribution in [0.3, 0.4) is 0 Å². The van der Waals surface area contributed by atoms with Crippen LogP contribution in [0.2, 0.25) is 0 Å². The number of aromatic nitrogens is 5. The Balaban J connectivity index is 1.29. The molecular formula is C21H22F5N7. The van der Waals surface area contributed by atoms with Crippen LogP contribution in [-0.2, 0) is 12.7 Å². The number of piperidine rings is 1. The number of hydrogen-bond donors (Lipinski definition) is 0. The van der Waals surface area contributed by atoms with Crippen LogP contribution in [0, 0.1) is 5.41 Å². The first kappa shape index (κ1) is 21.8. The van der Waals surface area contributed by atoms with Gasteiger partial charge in [-0.2, -0.15) is 18.3 Å². The maximum Gasteiger partial charge on any atom is 0.419 e. The Hall–Kier alpha value is -3.05. The molecule has 3 aromatic rings. The van der Waals surface area contributed by atoms with Crippen molar-refractivity contribution < 1.29 is 22.0 Å². The maximum atomic E-state index is 13.4. The van der Waals surface area contributed by atoms with Crippen LogP contribution in [0.5, 0.6) is 0 Å². The van der Waals surface area contributed by atoms with Gasteiger partial charge in [-0.3, -0.25) is 4.98 Å². The number of fused-ring (bicyclic) bond motifs is 1. The summed E-state index contributed by atoms with van der Waals surface area (Å²) in [5.41, 5.74) is 0.177. The zero-order valence-electron chi connectivity index (χ0n) is 17.6. The van der Waals surface area contributed by atoms with E-state index in [2.05, 4.69) is 20.1 Å². The third-order valence-electron chi connectivity index (χ3n) is 6.67. The van der Waals surface area contributed by atoms with Gasteiger partial charge in [-0.25, -0.2) is 23.4 Å². The lowest BCUT2D eigenvalue weighted by molar-refractivity contribution is -0.137. The first-order valence-corrected chi connectivity index (χ1v) is 10.7. The topological polar surface area (TPSA) is 63.0 Å². The van der Waals surface area contributed by atoms with Crippen molar-refractivity contribution in [2.75, 3.05) is 36.0 Å². The largest absolute Gasteiger partial charge is 0.419 e. The molecule has 2 aliphatic rings. The number of halogens is 5. The maximum absolute atomic E-state index is 13.4. The Kier molecular flexibility index (Phi) is 5.32. The van der Waals surface area contributed by atoms with Crippen molar-refractivity contribution in [3.8, 4) is 0 Å². The minimum absolute atomic E-state index is 0.0718. The van der Waals surface area contributed by atoms with E-state index in [0.29, 0.717) is 43.2 Å². The summed E-state index contributed by atoms with van der Waals surface area (Å²) in [6.07, 6.45) is 0.726. The van der Waals surface area contributed by atoms with Crippen LogP contribution in [0.25, 0.3) is 11.2 Å². The Morgan fingerprint density at radius 2 is 1.73 bits per heavy atom. The molecule has 0 atom stereocenters. The Labute approximate surface area is 186 Å². The molecule has 0 saturated carbocycles. The summed E-state index contributed by atoms with van der Waals surface area (Å²) < 4.78 is 67.0. The molecule has 0 N–H and O–H groups in total. The highest BCUT2D eigenvalue weighted by Crippen LogP contribution is 2.45. The molecule has 5 heterocycles. The SMILES string of the molecule is FC(F)Cn1ncc2ncc(N3CCC4(CC3)CCN(c3ccncc3C(F)(F)F)C4)nc21. The first-order chi connectivity index (χ1) is 15.7. The highest BCUT2D eigenvalue weighted by atomic mass is 19.4. The van der Waals surface area contributed by atoms with E-state index < -0.39 is 24.7 Å². The Morgan fingerprint density at radius 3 is 2.42 bits per heavy atom. The quantitative estimate of drug-likeness (QED) is 0.541. The number of alkyl halides is 5. The van der Waals surface area contributed by atoms with Crippen molar-refractivity contribution in [3.63, 3.8) is 0 Å². The van der Waals surface area contributed by atoms with Crippen LogP contribution >= 0.6 is 0 Å². The third-order valence-corrected chi connectivity index (χ3v) is 6.67. The smallest absolute Gasteiger partial charge is 0.370 e. The zero-order chi connectivity index (χ0) is 23.2. The van der Waals surface area contributed by atoms with E-state index in [1.54, 1.807) is 6.20 Å². The van der Waals surface area contributed by atoms with Crippen molar-refractivity contribution in [1.82, 2.24) is 24.7 Å². The molecule has 0 radical (unpaired) electrons. The molecule has 3 aromatic heterocycles. The lowest BCUT2D eigenvalue weighted by Gasteiger charge is -2.40. The van der Waals surface area contributed by atoms with E-state index in [4.69, 9.17) is 0 Å². The monoisotopic (exact) mass is 467 g/mol. The van der Waals surface area contributed by atoms with Gasteiger partial charge in [-0.05, 0) is 30.7 Å². The van der Waals surface area contributed by atoms with E-state index >= 15 is 0 Å². The lowest BCUT2D eigenvalue weighted by atomic mass is 9.78. The van der Waals surface area contributed by atoms with Gasteiger partial charge in [0.2, 0.25) is 0 Å². The van der Waals surface area contributed by atoms with E-state index in [9.17, 15) is 22.0 Å². The molecule has 33 heavy (non-hydrogen) atoms. The molecule has 0 aliphatic carbocycles. The van der Waals surface area contributed by atoms with Gasteiger partial charge in [0.25, 0.3) is 6.43 Å².